The molecular formula is C14H20BrN3. The zero-order valence-electron chi connectivity index (χ0n) is 10.9. The van der Waals surface area contributed by atoms with Crippen LogP contribution in [0.15, 0.2) is 22.7 Å². The Bertz CT molecular complexity index is 452. The third kappa shape index (κ3) is 2.86. The van der Waals surface area contributed by atoms with Crippen LogP contribution in [0.1, 0.15) is 32.3 Å². The molecule has 0 aromatic heterocycles. The summed E-state index contributed by atoms with van der Waals surface area (Å²) in [6.07, 6.45) is 2.49. The Kier molecular flexibility index (Phi) is 3.95. The second-order valence-electron chi connectivity index (χ2n) is 5.33. The van der Waals surface area contributed by atoms with Crippen molar-refractivity contribution in [2.24, 2.45) is 11.7 Å². The SMILES string of the molecule is CC(C)CN(c1cccc(Br)c1C(=N)N)C1CC1. The zero-order chi connectivity index (χ0) is 13.3. The van der Waals surface area contributed by atoms with E-state index in [2.05, 4.69) is 40.7 Å². The minimum atomic E-state index is 0.131. The van der Waals surface area contributed by atoms with Crippen molar-refractivity contribution in [3.05, 3.63) is 28.2 Å². The van der Waals surface area contributed by atoms with Crippen molar-refractivity contribution in [1.29, 1.82) is 5.41 Å². The van der Waals surface area contributed by atoms with Gasteiger partial charge in [-0.3, -0.25) is 5.41 Å². The number of anilines is 1. The van der Waals surface area contributed by atoms with Crippen LogP contribution in [0.2, 0.25) is 0 Å². The molecule has 0 amide bonds. The minimum absolute atomic E-state index is 0.131. The number of hydrogen-bond acceptors (Lipinski definition) is 2. The molecule has 0 atom stereocenters. The molecule has 3 nitrogen and oxygen atoms in total. The molecule has 1 aromatic carbocycles. The first-order chi connectivity index (χ1) is 8.50. The van der Waals surface area contributed by atoms with Gasteiger partial charge >= 0.3 is 0 Å². The van der Waals surface area contributed by atoms with Gasteiger partial charge in [0.25, 0.3) is 0 Å². The Hall–Kier alpha value is -1.03. The Balaban J connectivity index is 2.40. The summed E-state index contributed by atoms with van der Waals surface area (Å²) in [4.78, 5) is 2.41. The van der Waals surface area contributed by atoms with Crippen molar-refractivity contribution < 1.29 is 0 Å². The number of rotatable bonds is 5. The second-order valence-corrected chi connectivity index (χ2v) is 6.18. The fraction of sp³-hybridized carbons (Fsp3) is 0.500. The van der Waals surface area contributed by atoms with E-state index in [1.165, 1.54) is 12.8 Å². The molecule has 0 bridgehead atoms. The Labute approximate surface area is 117 Å². The molecule has 3 N–H and O–H groups in total. The van der Waals surface area contributed by atoms with Crippen molar-refractivity contribution in [2.75, 3.05) is 11.4 Å². The Morgan fingerprint density at radius 3 is 2.67 bits per heavy atom. The molecule has 4 heteroatoms. The number of nitrogens with zero attached hydrogens (tertiary/aromatic N) is 1. The van der Waals surface area contributed by atoms with E-state index in [0.29, 0.717) is 12.0 Å². The van der Waals surface area contributed by atoms with E-state index < -0.39 is 0 Å². The summed E-state index contributed by atoms with van der Waals surface area (Å²) in [6.45, 7) is 5.46. The topological polar surface area (TPSA) is 53.1 Å². The van der Waals surface area contributed by atoms with Crippen LogP contribution >= 0.6 is 15.9 Å². The van der Waals surface area contributed by atoms with Crippen LogP contribution in [-0.2, 0) is 0 Å². The molecule has 0 unspecified atom stereocenters. The molecule has 1 aromatic rings. The summed E-state index contributed by atoms with van der Waals surface area (Å²) in [5, 5.41) is 7.78. The average molecular weight is 310 g/mol. The molecule has 1 saturated carbocycles. The largest absolute Gasteiger partial charge is 0.384 e. The lowest BCUT2D eigenvalue weighted by molar-refractivity contribution is 0.607. The summed E-state index contributed by atoms with van der Waals surface area (Å²) >= 11 is 3.50. The van der Waals surface area contributed by atoms with Crippen molar-refractivity contribution in [1.82, 2.24) is 0 Å². The van der Waals surface area contributed by atoms with Gasteiger partial charge in [-0.05, 0) is 46.8 Å². The summed E-state index contributed by atoms with van der Waals surface area (Å²) in [7, 11) is 0. The monoisotopic (exact) mass is 309 g/mol. The van der Waals surface area contributed by atoms with Crippen molar-refractivity contribution in [3.63, 3.8) is 0 Å². The zero-order valence-corrected chi connectivity index (χ0v) is 12.5. The molecule has 0 spiro atoms. The summed E-state index contributed by atoms with van der Waals surface area (Å²) in [5.74, 6) is 0.733. The normalized spacial score (nSPS) is 14.9. The predicted molar refractivity (Wildman–Crippen MR) is 80.4 cm³/mol. The van der Waals surface area contributed by atoms with Crippen LogP contribution in [0, 0.1) is 11.3 Å². The molecule has 0 heterocycles. The van der Waals surface area contributed by atoms with E-state index >= 15 is 0 Å². The fourth-order valence-electron chi connectivity index (χ4n) is 2.24. The first kappa shape index (κ1) is 13.4. The Morgan fingerprint density at radius 1 is 1.50 bits per heavy atom. The van der Waals surface area contributed by atoms with E-state index in [-0.39, 0.29) is 5.84 Å². The standard InChI is InChI=1S/C14H20BrN3/c1-9(2)8-18(10-6-7-10)12-5-3-4-11(15)13(12)14(16)17/h3-5,9-10H,6-8H2,1-2H3,(H3,16,17). The highest BCUT2D eigenvalue weighted by Crippen LogP contribution is 2.36. The van der Waals surface area contributed by atoms with Crippen LogP contribution in [0.3, 0.4) is 0 Å². The number of halogens is 1. The number of hydrogen-bond donors (Lipinski definition) is 2. The van der Waals surface area contributed by atoms with Gasteiger partial charge in [0.15, 0.2) is 0 Å². The molecule has 1 fully saturated rings. The van der Waals surface area contributed by atoms with Crippen LogP contribution in [-0.4, -0.2) is 18.4 Å². The smallest absolute Gasteiger partial charge is 0.126 e. The fourth-order valence-corrected chi connectivity index (χ4v) is 2.81. The lowest BCUT2D eigenvalue weighted by Crippen LogP contribution is -2.32. The van der Waals surface area contributed by atoms with Crippen LogP contribution < -0.4 is 10.6 Å². The summed E-state index contributed by atoms with van der Waals surface area (Å²) in [5.41, 5.74) is 7.65. The maximum atomic E-state index is 7.78. The number of nitrogen functional groups attached to an aromatic ring is 1. The highest BCUT2D eigenvalue weighted by Gasteiger charge is 2.31. The van der Waals surface area contributed by atoms with Crippen molar-refractivity contribution in [3.8, 4) is 0 Å². The van der Waals surface area contributed by atoms with Gasteiger partial charge in [0, 0.05) is 22.7 Å². The lowest BCUT2D eigenvalue weighted by Gasteiger charge is -2.29. The van der Waals surface area contributed by atoms with E-state index in [1.54, 1.807) is 0 Å². The van der Waals surface area contributed by atoms with Gasteiger partial charge in [0.2, 0.25) is 0 Å². The van der Waals surface area contributed by atoms with Gasteiger partial charge in [0.1, 0.15) is 5.84 Å². The third-order valence-electron chi connectivity index (χ3n) is 3.12. The van der Waals surface area contributed by atoms with Crippen molar-refractivity contribution in [2.45, 2.75) is 32.7 Å². The predicted octanol–water partition coefficient (Wildman–Crippen LogP) is 3.36. The number of nitrogens with two attached hydrogens (primary N) is 1. The highest BCUT2D eigenvalue weighted by molar-refractivity contribution is 9.10. The summed E-state index contributed by atoms with van der Waals surface area (Å²) < 4.78 is 0.905. The van der Waals surface area contributed by atoms with Gasteiger partial charge in [-0.2, -0.15) is 0 Å². The van der Waals surface area contributed by atoms with Gasteiger partial charge in [-0.1, -0.05) is 19.9 Å². The van der Waals surface area contributed by atoms with Gasteiger partial charge in [-0.25, -0.2) is 0 Å². The first-order valence-corrected chi connectivity index (χ1v) is 7.19. The first-order valence-electron chi connectivity index (χ1n) is 6.40. The van der Waals surface area contributed by atoms with Gasteiger partial charge in [-0.15, -0.1) is 0 Å². The van der Waals surface area contributed by atoms with E-state index in [4.69, 9.17) is 11.1 Å². The number of nitrogens with one attached hydrogen (secondary N) is 1. The van der Waals surface area contributed by atoms with Crippen LogP contribution in [0.4, 0.5) is 5.69 Å². The molecule has 1 aliphatic carbocycles. The number of benzene rings is 1. The molecule has 0 saturated heterocycles. The maximum Gasteiger partial charge on any atom is 0.126 e. The van der Waals surface area contributed by atoms with Crippen LogP contribution in [0.5, 0.6) is 0 Å². The van der Waals surface area contributed by atoms with Crippen LogP contribution in [0.25, 0.3) is 0 Å². The maximum absolute atomic E-state index is 7.78. The second kappa shape index (κ2) is 5.31. The minimum Gasteiger partial charge on any atom is -0.384 e. The molecule has 18 heavy (non-hydrogen) atoms. The molecule has 2 rings (SSSR count). The van der Waals surface area contributed by atoms with E-state index in [0.717, 1.165) is 22.3 Å². The highest BCUT2D eigenvalue weighted by atomic mass is 79.9. The number of amidine groups is 1. The molecular weight excluding hydrogens is 290 g/mol. The van der Waals surface area contributed by atoms with Crippen molar-refractivity contribution >= 4 is 27.5 Å². The lowest BCUT2D eigenvalue weighted by atomic mass is 10.1. The molecule has 1 aliphatic rings. The summed E-state index contributed by atoms with van der Waals surface area (Å²) in [6, 6.07) is 6.66. The molecule has 0 radical (unpaired) electrons. The Morgan fingerprint density at radius 2 is 2.17 bits per heavy atom. The molecule has 0 aliphatic heterocycles. The average Bonchev–Trinajstić information content (AvgIpc) is 3.08. The van der Waals surface area contributed by atoms with Gasteiger partial charge in [0.05, 0.1) is 5.56 Å². The van der Waals surface area contributed by atoms with Gasteiger partial charge < -0.3 is 10.6 Å². The molecule has 98 valence electrons. The quantitative estimate of drug-likeness (QED) is 0.647. The third-order valence-corrected chi connectivity index (χ3v) is 3.78. The van der Waals surface area contributed by atoms with E-state index in [1.807, 2.05) is 12.1 Å². The van der Waals surface area contributed by atoms with E-state index in [9.17, 15) is 0 Å².